The minimum Gasteiger partial charge on any atom is -0.481 e. The van der Waals surface area contributed by atoms with Gasteiger partial charge in [0.2, 0.25) is 0 Å². The minimum atomic E-state index is -1.50. The fourth-order valence-corrected chi connectivity index (χ4v) is 1.63. The van der Waals surface area contributed by atoms with Crippen LogP contribution >= 0.6 is 0 Å². The molecule has 0 aromatic carbocycles. The summed E-state index contributed by atoms with van der Waals surface area (Å²) in [5, 5.41) is 28.7. The maximum Gasteiger partial charge on any atom is 0.350 e. The Hall–Kier alpha value is -2.49. The third-order valence-corrected chi connectivity index (χ3v) is 2.56. The summed E-state index contributed by atoms with van der Waals surface area (Å²) in [6.45, 7) is 1.02. The van der Waals surface area contributed by atoms with Gasteiger partial charge in [0.15, 0.2) is 0 Å². The summed E-state index contributed by atoms with van der Waals surface area (Å²) >= 11 is 0. The molecule has 1 aromatic heterocycles. The standard InChI is InChI=1S/C10H13N3O7/c1-2-11-5-7(13(19)20)9(17)12(10(11)18)4-6(14)3-8(15)16/h5-6,14H,2-4H2,1H3,(H,15,16). The third kappa shape index (κ3) is 3.29. The van der Waals surface area contributed by atoms with Gasteiger partial charge in [0.05, 0.1) is 30.2 Å². The van der Waals surface area contributed by atoms with E-state index in [1.807, 2.05) is 0 Å². The summed E-state index contributed by atoms with van der Waals surface area (Å²) < 4.78 is 1.41. The SMILES string of the molecule is CCn1cc([N+](=O)[O-])c(=O)n(CC(O)CC(=O)O)c1=O. The highest BCUT2D eigenvalue weighted by atomic mass is 16.6. The van der Waals surface area contributed by atoms with Crippen LogP contribution in [0.4, 0.5) is 5.69 Å². The topological polar surface area (TPSA) is 145 Å². The molecule has 0 saturated heterocycles. The molecule has 0 aliphatic carbocycles. The number of aliphatic hydroxyl groups is 1. The third-order valence-electron chi connectivity index (χ3n) is 2.56. The van der Waals surface area contributed by atoms with Crippen LogP contribution in [-0.2, 0) is 17.9 Å². The smallest absolute Gasteiger partial charge is 0.350 e. The van der Waals surface area contributed by atoms with Crippen molar-refractivity contribution in [2.24, 2.45) is 0 Å². The van der Waals surface area contributed by atoms with E-state index in [0.29, 0.717) is 4.57 Å². The fraction of sp³-hybridized carbons (Fsp3) is 0.500. The van der Waals surface area contributed by atoms with Crippen molar-refractivity contribution in [3.05, 3.63) is 37.1 Å². The molecule has 1 aromatic rings. The number of nitro groups is 1. The number of aliphatic carboxylic acids is 1. The largest absolute Gasteiger partial charge is 0.481 e. The molecule has 0 spiro atoms. The van der Waals surface area contributed by atoms with Gasteiger partial charge in [-0.25, -0.2) is 4.79 Å². The normalized spacial score (nSPS) is 12.1. The van der Waals surface area contributed by atoms with Gasteiger partial charge >= 0.3 is 22.9 Å². The Labute approximate surface area is 111 Å². The molecule has 0 fully saturated rings. The number of aryl methyl sites for hydroxylation is 1. The predicted molar refractivity (Wildman–Crippen MR) is 65.6 cm³/mol. The molecule has 10 heteroatoms. The van der Waals surface area contributed by atoms with Crippen molar-refractivity contribution in [3.8, 4) is 0 Å². The molecule has 0 aliphatic rings. The van der Waals surface area contributed by atoms with Crippen LogP contribution in [0.3, 0.4) is 0 Å². The Balaban J connectivity index is 3.34. The van der Waals surface area contributed by atoms with Crippen molar-refractivity contribution >= 4 is 11.7 Å². The molecule has 0 saturated carbocycles. The van der Waals surface area contributed by atoms with Gasteiger partial charge in [-0.3, -0.25) is 28.8 Å². The van der Waals surface area contributed by atoms with E-state index < -0.39 is 46.9 Å². The van der Waals surface area contributed by atoms with Crippen molar-refractivity contribution in [1.82, 2.24) is 9.13 Å². The number of hydrogen-bond donors (Lipinski definition) is 2. The van der Waals surface area contributed by atoms with Crippen LogP contribution in [0.2, 0.25) is 0 Å². The zero-order valence-electron chi connectivity index (χ0n) is 10.6. The van der Waals surface area contributed by atoms with Gasteiger partial charge in [-0.15, -0.1) is 0 Å². The van der Waals surface area contributed by atoms with Gasteiger partial charge < -0.3 is 10.2 Å². The number of aliphatic hydroxyl groups excluding tert-OH is 1. The van der Waals surface area contributed by atoms with Gasteiger partial charge in [-0.2, -0.15) is 0 Å². The van der Waals surface area contributed by atoms with E-state index in [0.717, 1.165) is 10.8 Å². The molecule has 20 heavy (non-hydrogen) atoms. The molecule has 0 radical (unpaired) electrons. The van der Waals surface area contributed by atoms with E-state index >= 15 is 0 Å². The average molecular weight is 287 g/mol. The first kappa shape index (κ1) is 15.6. The molecular weight excluding hydrogens is 274 g/mol. The summed E-state index contributed by atoms with van der Waals surface area (Å²) in [5.41, 5.74) is -2.82. The molecule has 1 unspecified atom stereocenters. The van der Waals surface area contributed by atoms with Crippen molar-refractivity contribution in [3.63, 3.8) is 0 Å². The highest BCUT2D eigenvalue weighted by molar-refractivity contribution is 5.67. The first-order chi connectivity index (χ1) is 9.27. The van der Waals surface area contributed by atoms with Crippen LogP contribution in [-0.4, -0.2) is 36.3 Å². The monoisotopic (exact) mass is 287 g/mol. The quantitative estimate of drug-likeness (QED) is 0.492. The van der Waals surface area contributed by atoms with Crippen LogP contribution in [0.15, 0.2) is 15.8 Å². The number of carboxylic acids is 1. The number of rotatable bonds is 6. The van der Waals surface area contributed by atoms with Gasteiger partial charge in [-0.1, -0.05) is 0 Å². The second kappa shape index (κ2) is 6.10. The lowest BCUT2D eigenvalue weighted by Gasteiger charge is -2.11. The van der Waals surface area contributed by atoms with E-state index in [2.05, 4.69) is 0 Å². The molecule has 0 amide bonds. The molecule has 0 aliphatic heterocycles. The Kier molecular flexibility index (Phi) is 4.75. The molecule has 1 rings (SSSR count). The lowest BCUT2D eigenvalue weighted by atomic mass is 10.2. The van der Waals surface area contributed by atoms with E-state index in [4.69, 9.17) is 5.11 Å². The van der Waals surface area contributed by atoms with Crippen molar-refractivity contribution < 1.29 is 19.9 Å². The highest BCUT2D eigenvalue weighted by Crippen LogP contribution is 2.02. The minimum absolute atomic E-state index is 0.0922. The number of carboxylic acid groups (broad SMARTS) is 1. The molecule has 1 atom stereocenters. The lowest BCUT2D eigenvalue weighted by Crippen LogP contribution is -2.43. The number of carbonyl (C=O) groups is 1. The second-order valence-electron chi connectivity index (χ2n) is 4.01. The molecule has 0 bridgehead atoms. The van der Waals surface area contributed by atoms with Gasteiger partial charge in [0.1, 0.15) is 0 Å². The highest BCUT2D eigenvalue weighted by Gasteiger charge is 2.21. The lowest BCUT2D eigenvalue weighted by molar-refractivity contribution is -0.387. The predicted octanol–water partition coefficient (Wildman–Crippen LogP) is -1.23. The molecule has 10 nitrogen and oxygen atoms in total. The van der Waals surface area contributed by atoms with Crippen molar-refractivity contribution in [1.29, 1.82) is 0 Å². The number of aromatic nitrogens is 2. The van der Waals surface area contributed by atoms with Crippen LogP contribution < -0.4 is 11.2 Å². The van der Waals surface area contributed by atoms with Crippen molar-refractivity contribution in [2.45, 2.75) is 32.5 Å². The maximum atomic E-state index is 11.9. The maximum absolute atomic E-state index is 11.9. The Bertz CT molecular complexity index is 645. The van der Waals surface area contributed by atoms with Crippen LogP contribution in [0.5, 0.6) is 0 Å². The summed E-state index contributed by atoms with van der Waals surface area (Å²) in [6.07, 6.45) is -1.35. The van der Waals surface area contributed by atoms with E-state index in [-0.39, 0.29) is 6.54 Å². The number of nitrogens with zero attached hydrogens (tertiary/aromatic N) is 3. The summed E-state index contributed by atoms with van der Waals surface area (Å²) in [7, 11) is 0. The Morgan fingerprint density at radius 2 is 2.10 bits per heavy atom. The zero-order chi connectivity index (χ0) is 15.4. The average Bonchev–Trinajstić information content (AvgIpc) is 2.33. The van der Waals surface area contributed by atoms with E-state index in [1.54, 1.807) is 6.92 Å². The zero-order valence-corrected chi connectivity index (χ0v) is 10.6. The fourth-order valence-electron chi connectivity index (χ4n) is 1.63. The Morgan fingerprint density at radius 1 is 1.50 bits per heavy atom. The van der Waals surface area contributed by atoms with Gasteiger partial charge in [-0.05, 0) is 6.92 Å². The molecule has 2 N–H and O–H groups in total. The summed E-state index contributed by atoms with van der Waals surface area (Å²) in [6, 6.07) is 0. The molecule has 1 heterocycles. The number of hydrogen-bond acceptors (Lipinski definition) is 6. The van der Waals surface area contributed by atoms with Gasteiger partial charge in [0, 0.05) is 6.54 Å². The van der Waals surface area contributed by atoms with Crippen LogP contribution in [0.1, 0.15) is 13.3 Å². The summed E-state index contributed by atoms with van der Waals surface area (Å²) in [5.74, 6) is -1.31. The first-order valence-electron chi connectivity index (χ1n) is 5.66. The molecule has 110 valence electrons. The van der Waals surface area contributed by atoms with E-state index in [9.17, 15) is 29.6 Å². The van der Waals surface area contributed by atoms with Gasteiger partial charge in [0.25, 0.3) is 0 Å². The Morgan fingerprint density at radius 3 is 2.55 bits per heavy atom. The summed E-state index contributed by atoms with van der Waals surface area (Å²) in [4.78, 5) is 43.9. The van der Waals surface area contributed by atoms with Crippen LogP contribution in [0.25, 0.3) is 0 Å². The van der Waals surface area contributed by atoms with E-state index in [1.165, 1.54) is 0 Å². The van der Waals surface area contributed by atoms with Crippen molar-refractivity contribution in [2.75, 3.05) is 0 Å². The second-order valence-corrected chi connectivity index (χ2v) is 4.01. The first-order valence-corrected chi connectivity index (χ1v) is 5.66. The molecular formula is C10H13N3O7. The van der Waals surface area contributed by atoms with Crippen LogP contribution in [0, 0.1) is 10.1 Å².